The standard InChI is InChI=1S/C11H22N2O/c1-5-8-14-11(3)6-7-13(4)10(2)9-12/h6-7,10H,3,5,8-9,12H2,1-2,4H3/b7-6-. The van der Waals surface area contributed by atoms with Crippen molar-refractivity contribution in [1.29, 1.82) is 0 Å². The highest BCUT2D eigenvalue weighted by molar-refractivity contribution is 5.06. The second kappa shape index (κ2) is 7.44. The van der Waals surface area contributed by atoms with Crippen LogP contribution in [0.5, 0.6) is 0 Å². The molecule has 0 radical (unpaired) electrons. The first-order valence-electron chi connectivity index (χ1n) is 5.03. The van der Waals surface area contributed by atoms with E-state index in [2.05, 4.69) is 20.4 Å². The van der Waals surface area contributed by atoms with Crippen LogP contribution >= 0.6 is 0 Å². The number of nitrogens with two attached hydrogens (primary N) is 1. The minimum atomic E-state index is 0.338. The second-order valence-electron chi connectivity index (χ2n) is 3.38. The number of ether oxygens (including phenoxy) is 1. The van der Waals surface area contributed by atoms with Gasteiger partial charge in [0.05, 0.1) is 6.61 Å². The Morgan fingerprint density at radius 1 is 1.64 bits per heavy atom. The van der Waals surface area contributed by atoms with Gasteiger partial charge in [-0.3, -0.25) is 0 Å². The Labute approximate surface area is 87.2 Å². The predicted octanol–water partition coefficient (Wildman–Crippen LogP) is 1.72. The average Bonchev–Trinajstić information content (AvgIpc) is 2.21. The van der Waals surface area contributed by atoms with Gasteiger partial charge in [-0.2, -0.15) is 0 Å². The zero-order valence-electron chi connectivity index (χ0n) is 9.49. The first kappa shape index (κ1) is 13.0. The van der Waals surface area contributed by atoms with Crippen molar-refractivity contribution in [3.8, 4) is 0 Å². The lowest BCUT2D eigenvalue weighted by Crippen LogP contribution is -2.31. The summed E-state index contributed by atoms with van der Waals surface area (Å²) in [4.78, 5) is 2.04. The van der Waals surface area contributed by atoms with E-state index >= 15 is 0 Å². The SMILES string of the molecule is C=C(/C=C\N(C)C(C)CN)OCCC. The average molecular weight is 198 g/mol. The molecule has 0 aromatic heterocycles. The van der Waals surface area contributed by atoms with Crippen LogP contribution in [0, 0.1) is 0 Å². The van der Waals surface area contributed by atoms with Crippen molar-refractivity contribution >= 4 is 0 Å². The third kappa shape index (κ3) is 5.65. The number of nitrogens with zero attached hydrogens (tertiary/aromatic N) is 1. The van der Waals surface area contributed by atoms with Crippen molar-refractivity contribution in [2.45, 2.75) is 26.3 Å². The maximum Gasteiger partial charge on any atom is 0.113 e. The van der Waals surface area contributed by atoms with E-state index in [0.29, 0.717) is 18.3 Å². The van der Waals surface area contributed by atoms with Gasteiger partial charge < -0.3 is 15.4 Å². The molecule has 3 nitrogen and oxygen atoms in total. The zero-order chi connectivity index (χ0) is 11.0. The molecular weight excluding hydrogens is 176 g/mol. The van der Waals surface area contributed by atoms with E-state index in [-0.39, 0.29) is 0 Å². The Bertz CT molecular complexity index is 190. The summed E-state index contributed by atoms with van der Waals surface area (Å²) >= 11 is 0. The van der Waals surface area contributed by atoms with E-state index in [9.17, 15) is 0 Å². The first-order valence-corrected chi connectivity index (χ1v) is 5.03. The van der Waals surface area contributed by atoms with Gasteiger partial charge in [0.2, 0.25) is 0 Å². The molecule has 0 amide bonds. The number of hydrogen-bond acceptors (Lipinski definition) is 3. The second-order valence-corrected chi connectivity index (χ2v) is 3.38. The van der Waals surface area contributed by atoms with Gasteiger partial charge in [-0.05, 0) is 19.4 Å². The van der Waals surface area contributed by atoms with Gasteiger partial charge in [-0.25, -0.2) is 0 Å². The highest BCUT2D eigenvalue weighted by atomic mass is 16.5. The van der Waals surface area contributed by atoms with E-state index < -0.39 is 0 Å². The molecule has 0 bridgehead atoms. The molecule has 82 valence electrons. The van der Waals surface area contributed by atoms with Crippen molar-refractivity contribution < 1.29 is 4.74 Å². The minimum Gasteiger partial charge on any atom is -0.494 e. The zero-order valence-corrected chi connectivity index (χ0v) is 9.49. The van der Waals surface area contributed by atoms with E-state index in [1.54, 1.807) is 0 Å². The number of allylic oxidation sites excluding steroid dienone is 1. The van der Waals surface area contributed by atoms with Crippen LogP contribution in [0.25, 0.3) is 0 Å². The fourth-order valence-corrected chi connectivity index (χ4v) is 0.795. The molecule has 0 spiro atoms. The van der Waals surface area contributed by atoms with Gasteiger partial charge in [-0.15, -0.1) is 0 Å². The van der Waals surface area contributed by atoms with Crippen LogP contribution in [0.1, 0.15) is 20.3 Å². The summed E-state index contributed by atoms with van der Waals surface area (Å²) in [6.45, 7) is 9.28. The lowest BCUT2D eigenvalue weighted by atomic mass is 10.3. The topological polar surface area (TPSA) is 38.5 Å². The van der Waals surface area contributed by atoms with Crippen molar-refractivity contribution in [3.05, 3.63) is 24.6 Å². The Morgan fingerprint density at radius 2 is 2.29 bits per heavy atom. The minimum absolute atomic E-state index is 0.338. The van der Waals surface area contributed by atoms with Crippen LogP contribution in [-0.4, -0.2) is 31.1 Å². The molecule has 14 heavy (non-hydrogen) atoms. The van der Waals surface area contributed by atoms with Gasteiger partial charge in [0.25, 0.3) is 0 Å². The van der Waals surface area contributed by atoms with Crippen LogP contribution in [0.15, 0.2) is 24.6 Å². The Hall–Kier alpha value is -0.960. The molecule has 0 aromatic carbocycles. The van der Waals surface area contributed by atoms with Crippen molar-refractivity contribution in [3.63, 3.8) is 0 Å². The Balaban J connectivity index is 3.84. The normalized spacial score (nSPS) is 12.9. The van der Waals surface area contributed by atoms with Crippen LogP contribution in [0.2, 0.25) is 0 Å². The summed E-state index contributed by atoms with van der Waals surface area (Å²) in [5.41, 5.74) is 5.53. The fraction of sp³-hybridized carbons (Fsp3) is 0.636. The number of rotatable bonds is 7. The quantitative estimate of drug-likeness (QED) is 0.500. The van der Waals surface area contributed by atoms with Gasteiger partial charge in [-0.1, -0.05) is 13.5 Å². The molecule has 0 rings (SSSR count). The molecule has 0 fully saturated rings. The molecule has 1 atom stereocenters. The molecule has 1 unspecified atom stereocenters. The monoisotopic (exact) mass is 198 g/mol. The number of likely N-dealkylation sites (N-methyl/N-ethyl adjacent to an activating group) is 1. The maximum atomic E-state index is 5.53. The fourth-order valence-electron chi connectivity index (χ4n) is 0.795. The van der Waals surface area contributed by atoms with Crippen LogP contribution in [-0.2, 0) is 4.74 Å². The molecule has 0 aliphatic rings. The molecule has 2 N–H and O–H groups in total. The molecular formula is C11H22N2O. The first-order chi connectivity index (χ1) is 6.61. The van der Waals surface area contributed by atoms with Gasteiger partial charge in [0, 0.05) is 25.8 Å². The summed E-state index contributed by atoms with van der Waals surface area (Å²) in [7, 11) is 1.99. The van der Waals surface area contributed by atoms with Gasteiger partial charge in [0.1, 0.15) is 5.76 Å². The summed E-state index contributed by atoms with van der Waals surface area (Å²) < 4.78 is 5.32. The van der Waals surface area contributed by atoms with Crippen molar-refractivity contribution in [2.75, 3.05) is 20.2 Å². The number of hydrogen-bond donors (Lipinski definition) is 1. The summed E-state index contributed by atoms with van der Waals surface area (Å²) in [5.74, 6) is 0.697. The largest absolute Gasteiger partial charge is 0.494 e. The summed E-state index contributed by atoms with van der Waals surface area (Å²) in [6, 6.07) is 0.338. The lowest BCUT2D eigenvalue weighted by Gasteiger charge is -2.21. The maximum absolute atomic E-state index is 5.53. The Morgan fingerprint density at radius 3 is 2.79 bits per heavy atom. The predicted molar refractivity (Wildman–Crippen MR) is 60.8 cm³/mol. The Kier molecular flexibility index (Phi) is 6.93. The van der Waals surface area contributed by atoms with Gasteiger partial charge >= 0.3 is 0 Å². The third-order valence-corrected chi connectivity index (χ3v) is 2.02. The van der Waals surface area contributed by atoms with E-state index in [0.717, 1.165) is 13.0 Å². The van der Waals surface area contributed by atoms with Crippen LogP contribution in [0.3, 0.4) is 0 Å². The molecule has 0 aromatic rings. The van der Waals surface area contributed by atoms with Gasteiger partial charge in [0.15, 0.2) is 0 Å². The van der Waals surface area contributed by atoms with Crippen molar-refractivity contribution in [1.82, 2.24) is 4.90 Å². The van der Waals surface area contributed by atoms with Crippen LogP contribution < -0.4 is 5.73 Å². The summed E-state index contributed by atoms with van der Waals surface area (Å²) in [5, 5.41) is 0. The smallest absolute Gasteiger partial charge is 0.113 e. The highest BCUT2D eigenvalue weighted by Crippen LogP contribution is 2.00. The highest BCUT2D eigenvalue weighted by Gasteiger charge is 2.00. The van der Waals surface area contributed by atoms with Crippen molar-refractivity contribution in [2.24, 2.45) is 5.73 Å². The van der Waals surface area contributed by atoms with E-state index in [1.807, 2.05) is 24.2 Å². The molecule has 0 aliphatic heterocycles. The molecule has 0 saturated heterocycles. The molecule has 0 saturated carbocycles. The molecule has 0 heterocycles. The van der Waals surface area contributed by atoms with E-state index in [4.69, 9.17) is 10.5 Å². The molecule has 3 heteroatoms. The third-order valence-electron chi connectivity index (χ3n) is 2.02. The van der Waals surface area contributed by atoms with Crippen LogP contribution in [0.4, 0.5) is 0 Å². The van der Waals surface area contributed by atoms with E-state index in [1.165, 1.54) is 0 Å². The lowest BCUT2D eigenvalue weighted by molar-refractivity contribution is 0.225. The molecule has 0 aliphatic carbocycles. The summed E-state index contributed by atoms with van der Waals surface area (Å²) in [6.07, 6.45) is 4.80.